The molecule has 1 aliphatic rings. The fourth-order valence-electron chi connectivity index (χ4n) is 3.63. The van der Waals surface area contributed by atoms with Crippen molar-refractivity contribution in [2.45, 2.75) is 25.9 Å². The van der Waals surface area contributed by atoms with Crippen LogP contribution >= 0.6 is 0 Å². The van der Waals surface area contributed by atoms with Gasteiger partial charge in [0.1, 0.15) is 29.1 Å². The molecule has 0 fully saturated rings. The Morgan fingerprint density at radius 2 is 2.12 bits per heavy atom. The van der Waals surface area contributed by atoms with Gasteiger partial charge in [-0.3, -0.25) is 4.90 Å². The van der Waals surface area contributed by atoms with Gasteiger partial charge in [0.05, 0.1) is 26.2 Å². The second kappa shape index (κ2) is 6.88. The molecule has 6 heteroatoms. The summed E-state index contributed by atoms with van der Waals surface area (Å²) in [6.45, 7) is 3.59. The van der Waals surface area contributed by atoms with Crippen LogP contribution in [0.15, 0.2) is 41.1 Å². The van der Waals surface area contributed by atoms with E-state index in [1.54, 1.807) is 20.5 Å². The number of hydrogen-bond donors (Lipinski definition) is 1. The number of benzene rings is 1. The first-order chi connectivity index (χ1) is 12.7. The third-order valence-corrected chi connectivity index (χ3v) is 4.92. The number of methoxy groups -OCH3 is 2. The van der Waals surface area contributed by atoms with E-state index in [1.807, 2.05) is 37.3 Å². The lowest BCUT2D eigenvalue weighted by molar-refractivity contribution is 0.176. The summed E-state index contributed by atoms with van der Waals surface area (Å²) in [6.07, 6.45) is 2.70. The molecular formula is C20H23N3O3. The molecule has 26 heavy (non-hydrogen) atoms. The lowest BCUT2D eigenvalue weighted by Crippen LogP contribution is -2.35. The van der Waals surface area contributed by atoms with Gasteiger partial charge < -0.3 is 18.9 Å². The van der Waals surface area contributed by atoms with Crippen molar-refractivity contribution in [3.05, 3.63) is 65.1 Å². The number of nitrogens with one attached hydrogen (secondary N) is 1. The van der Waals surface area contributed by atoms with E-state index >= 15 is 0 Å². The van der Waals surface area contributed by atoms with Crippen LogP contribution in [0.5, 0.6) is 11.5 Å². The van der Waals surface area contributed by atoms with Crippen molar-refractivity contribution in [3.8, 4) is 11.5 Å². The van der Waals surface area contributed by atoms with Crippen molar-refractivity contribution in [2.24, 2.45) is 0 Å². The van der Waals surface area contributed by atoms with Gasteiger partial charge in [0, 0.05) is 30.8 Å². The summed E-state index contributed by atoms with van der Waals surface area (Å²) in [4.78, 5) is 10.2. The van der Waals surface area contributed by atoms with Crippen LogP contribution < -0.4 is 9.47 Å². The Bertz CT molecular complexity index is 899. The molecule has 6 nitrogen and oxygen atoms in total. The summed E-state index contributed by atoms with van der Waals surface area (Å²) in [7, 11) is 3.37. The number of H-pyrrole nitrogens is 1. The van der Waals surface area contributed by atoms with Crippen LogP contribution in [0.1, 0.15) is 34.5 Å². The maximum Gasteiger partial charge on any atom is 0.127 e. The molecule has 0 spiro atoms. The monoisotopic (exact) mass is 353 g/mol. The van der Waals surface area contributed by atoms with Gasteiger partial charge in [-0.1, -0.05) is 0 Å². The number of furan rings is 1. The first-order valence-corrected chi connectivity index (χ1v) is 8.73. The Kier molecular flexibility index (Phi) is 4.42. The predicted molar refractivity (Wildman–Crippen MR) is 97.5 cm³/mol. The number of nitrogens with zero attached hydrogens (tertiary/aromatic N) is 2. The third kappa shape index (κ3) is 2.97. The normalized spacial score (nSPS) is 17.1. The third-order valence-electron chi connectivity index (χ3n) is 4.92. The highest BCUT2D eigenvalue weighted by Gasteiger charge is 2.33. The van der Waals surface area contributed by atoms with Crippen LogP contribution in [0.2, 0.25) is 0 Å². The highest BCUT2D eigenvalue weighted by Crippen LogP contribution is 2.36. The Labute approximate surface area is 152 Å². The highest BCUT2D eigenvalue weighted by atomic mass is 16.5. The molecule has 0 aliphatic carbocycles. The second-order valence-electron chi connectivity index (χ2n) is 6.52. The molecule has 4 rings (SSSR count). The fraction of sp³-hybridized carbons (Fsp3) is 0.350. The number of rotatable bonds is 5. The standard InChI is InChI=1S/C20H23N3O3/c1-13-4-6-18(26-13)20-19-16(21-12-22-19)8-9-23(20)11-14-10-15(24-2)5-7-17(14)25-3/h4-7,10,12,20H,8-9,11H2,1-3H3,(H,21,22)/t20-/m1/s1. The van der Waals surface area contributed by atoms with Crippen LogP contribution in [-0.2, 0) is 13.0 Å². The molecule has 2 aromatic heterocycles. The Balaban J connectivity index is 1.71. The van der Waals surface area contributed by atoms with Gasteiger partial charge in [0.15, 0.2) is 0 Å². The number of hydrogen-bond acceptors (Lipinski definition) is 5. The van der Waals surface area contributed by atoms with E-state index < -0.39 is 0 Å². The summed E-state index contributed by atoms with van der Waals surface area (Å²) in [5.74, 6) is 3.50. The molecule has 136 valence electrons. The van der Waals surface area contributed by atoms with E-state index in [-0.39, 0.29) is 6.04 Å². The number of ether oxygens (including phenoxy) is 2. The van der Waals surface area contributed by atoms with Gasteiger partial charge >= 0.3 is 0 Å². The first-order valence-electron chi connectivity index (χ1n) is 8.73. The van der Waals surface area contributed by atoms with E-state index in [0.29, 0.717) is 0 Å². The smallest absolute Gasteiger partial charge is 0.127 e. The van der Waals surface area contributed by atoms with Gasteiger partial charge in [-0.05, 0) is 37.3 Å². The van der Waals surface area contributed by atoms with Crippen molar-refractivity contribution in [1.82, 2.24) is 14.9 Å². The zero-order chi connectivity index (χ0) is 18.1. The van der Waals surface area contributed by atoms with Crippen LogP contribution in [0, 0.1) is 6.92 Å². The van der Waals surface area contributed by atoms with E-state index in [0.717, 1.165) is 53.8 Å². The highest BCUT2D eigenvalue weighted by molar-refractivity contribution is 5.41. The average Bonchev–Trinajstić information content (AvgIpc) is 3.30. The number of aromatic amines is 1. The number of aryl methyl sites for hydroxylation is 1. The molecule has 1 atom stereocenters. The predicted octanol–water partition coefficient (Wildman–Crippen LogP) is 3.48. The Morgan fingerprint density at radius 3 is 2.85 bits per heavy atom. The fourth-order valence-corrected chi connectivity index (χ4v) is 3.63. The van der Waals surface area contributed by atoms with Crippen LogP contribution in [0.25, 0.3) is 0 Å². The minimum absolute atomic E-state index is 0.0189. The molecule has 1 aromatic carbocycles. The van der Waals surface area contributed by atoms with Crippen LogP contribution in [0.3, 0.4) is 0 Å². The largest absolute Gasteiger partial charge is 0.497 e. The van der Waals surface area contributed by atoms with Crippen molar-refractivity contribution in [3.63, 3.8) is 0 Å². The zero-order valence-corrected chi connectivity index (χ0v) is 15.3. The molecular weight excluding hydrogens is 330 g/mol. The SMILES string of the molecule is COc1ccc(OC)c(CN2CCc3[nH]cnc3[C@H]2c2ccc(C)o2)c1. The van der Waals surface area contributed by atoms with Gasteiger partial charge in [0.2, 0.25) is 0 Å². The van der Waals surface area contributed by atoms with E-state index in [9.17, 15) is 0 Å². The number of aromatic nitrogens is 2. The molecule has 0 amide bonds. The minimum atomic E-state index is -0.0189. The van der Waals surface area contributed by atoms with Gasteiger partial charge in [0.25, 0.3) is 0 Å². The molecule has 0 unspecified atom stereocenters. The van der Waals surface area contributed by atoms with Gasteiger partial charge in [-0.25, -0.2) is 4.98 Å². The summed E-state index contributed by atoms with van der Waals surface area (Å²) < 4.78 is 16.9. The molecule has 3 heterocycles. The van der Waals surface area contributed by atoms with Gasteiger partial charge in [-0.15, -0.1) is 0 Å². The average molecular weight is 353 g/mol. The van der Waals surface area contributed by atoms with Crippen LogP contribution in [0.4, 0.5) is 0 Å². The van der Waals surface area contributed by atoms with Crippen molar-refractivity contribution in [2.75, 3.05) is 20.8 Å². The lowest BCUT2D eigenvalue weighted by Gasteiger charge is -2.34. The topological polar surface area (TPSA) is 63.5 Å². The Morgan fingerprint density at radius 1 is 1.23 bits per heavy atom. The molecule has 0 saturated heterocycles. The summed E-state index contributed by atoms with van der Waals surface area (Å²) in [5, 5.41) is 0. The lowest BCUT2D eigenvalue weighted by atomic mass is 9.99. The molecule has 0 saturated carbocycles. The molecule has 0 radical (unpaired) electrons. The quantitative estimate of drug-likeness (QED) is 0.761. The summed E-state index contributed by atoms with van der Waals surface area (Å²) in [5.41, 5.74) is 3.30. The van der Waals surface area contributed by atoms with Gasteiger partial charge in [-0.2, -0.15) is 0 Å². The van der Waals surface area contributed by atoms with Crippen molar-refractivity contribution < 1.29 is 13.9 Å². The summed E-state index contributed by atoms with van der Waals surface area (Å²) in [6, 6.07) is 9.92. The van der Waals surface area contributed by atoms with E-state index in [4.69, 9.17) is 13.9 Å². The number of fused-ring (bicyclic) bond motifs is 1. The first kappa shape index (κ1) is 16.7. The second-order valence-corrected chi connectivity index (χ2v) is 6.52. The van der Waals surface area contributed by atoms with Crippen LogP contribution in [-0.4, -0.2) is 35.6 Å². The maximum absolute atomic E-state index is 5.97. The Hall–Kier alpha value is -2.73. The number of imidazole rings is 1. The van der Waals surface area contributed by atoms with E-state index in [1.165, 1.54) is 5.69 Å². The van der Waals surface area contributed by atoms with E-state index in [2.05, 4.69) is 14.9 Å². The summed E-state index contributed by atoms with van der Waals surface area (Å²) >= 11 is 0. The molecule has 3 aromatic rings. The molecule has 0 bridgehead atoms. The maximum atomic E-state index is 5.97. The zero-order valence-electron chi connectivity index (χ0n) is 15.3. The van der Waals surface area contributed by atoms with Crippen molar-refractivity contribution in [1.29, 1.82) is 0 Å². The molecule has 1 N–H and O–H groups in total. The minimum Gasteiger partial charge on any atom is -0.497 e. The van der Waals surface area contributed by atoms with Crippen molar-refractivity contribution >= 4 is 0 Å². The molecule has 1 aliphatic heterocycles.